The van der Waals surface area contributed by atoms with Crippen molar-refractivity contribution >= 4 is 5.97 Å². The second kappa shape index (κ2) is 1.57. The van der Waals surface area contributed by atoms with Gasteiger partial charge in [-0.3, -0.25) is 0 Å². The van der Waals surface area contributed by atoms with Crippen molar-refractivity contribution in [1.82, 2.24) is 20.6 Å². The first-order chi connectivity index (χ1) is 3.80. The molecule has 0 unspecified atom stereocenters. The molecule has 0 aromatic carbocycles. The molecule has 0 spiro atoms. The van der Waals surface area contributed by atoms with Gasteiger partial charge in [-0.15, -0.1) is 10.2 Å². The largest absolute Gasteiger partial charge is 0.541 e. The highest BCUT2D eigenvalue weighted by Gasteiger charge is 1.93. The number of aromatic amines is 1. The standard InChI is InChI=1S/C2H2N4O2/c7-2(8)1-3-5-6-4-1/h(H,7,8)(H,3,4,5,6)/p-1. The molecule has 0 aliphatic carbocycles. The zero-order chi connectivity index (χ0) is 5.98. The Morgan fingerprint density at radius 3 is 2.75 bits per heavy atom. The van der Waals surface area contributed by atoms with E-state index in [0.29, 0.717) is 0 Å². The van der Waals surface area contributed by atoms with E-state index in [9.17, 15) is 9.90 Å². The van der Waals surface area contributed by atoms with E-state index in [1.165, 1.54) is 0 Å². The van der Waals surface area contributed by atoms with Crippen molar-refractivity contribution in [3.8, 4) is 0 Å². The summed E-state index contributed by atoms with van der Waals surface area (Å²) in [4.78, 5) is 9.77. The lowest BCUT2D eigenvalue weighted by atomic mass is 10.7. The van der Waals surface area contributed by atoms with Gasteiger partial charge in [0.05, 0.1) is 0 Å². The second-order valence-corrected chi connectivity index (χ2v) is 1.02. The summed E-state index contributed by atoms with van der Waals surface area (Å²) in [6.45, 7) is 0. The third kappa shape index (κ3) is 0.625. The van der Waals surface area contributed by atoms with Crippen LogP contribution in [0.5, 0.6) is 0 Å². The SMILES string of the molecule is O=C([O-])c1nn[nH]n1. The lowest BCUT2D eigenvalue weighted by molar-refractivity contribution is -0.256. The number of nitrogens with one attached hydrogen (secondary N) is 1. The first-order valence-electron chi connectivity index (χ1n) is 1.75. The molecule has 8 heavy (non-hydrogen) atoms. The van der Waals surface area contributed by atoms with Crippen LogP contribution < -0.4 is 5.11 Å². The molecular formula is C2HN4O2-. The summed E-state index contributed by atoms with van der Waals surface area (Å²) in [5.41, 5.74) is 0. The maximum Gasteiger partial charge on any atom is 0.220 e. The van der Waals surface area contributed by atoms with E-state index in [4.69, 9.17) is 0 Å². The quantitative estimate of drug-likeness (QED) is 0.436. The van der Waals surface area contributed by atoms with Crippen LogP contribution in [0.2, 0.25) is 0 Å². The van der Waals surface area contributed by atoms with Gasteiger partial charge in [-0.25, -0.2) is 0 Å². The molecule has 0 saturated heterocycles. The molecule has 0 aliphatic heterocycles. The van der Waals surface area contributed by atoms with Crippen LogP contribution in [0.25, 0.3) is 0 Å². The number of hydrogen-bond acceptors (Lipinski definition) is 5. The monoisotopic (exact) mass is 113 g/mol. The van der Waals surface area contributed by atoms with Gasteiger partial charge in [-0.05, 0) is 5.21 Å². The van der Waals surface area contributed by atoms with Crippen LogP contribution in [0.1, 0.15) is 10.6 Å². The van der Waals surface area contributed by atoms with Gasteiger partial charge >= 0.3 is 0 Å². The fourth-order valence-corrected chi connectivity index (χ4v) is 0.248. The average molecular weight is 113 g/mol. The minimum atomic E-state index is -1.43. The van der Waals surface area contributed by atoms with Gasteiger partial charge in [0, 0.05) is 0 Å². The van der Waals surface area contributed by atoms with Crippen molar-refractivity contribution in [3.63, 3.8) is 0 Å². The van der Waals surface area contributed by atoms with Crippen molar-refractivity contribution in [3.05, 3.63) is 5.82 Å². The molecular weight excluding hydrogens is 112 g/mol. The fraction of sp³-hybridized carbons (Fsp3) is 0. The number of H-pyrrole nitrogens is 1. The lowest BCUT2D eigenvalue weighted by Gasteiger charge is -1.86. The van der Waals surface area contributed by atoms with Gasteiger partial charge in [0.15, 0.2) is 0 Å². The number of aromatic nitrogens is 4. The summed E-state index contributed by atoms with van der Waals surface area (Å²) in [7, 11) is 0. The average Bonchev–Trinajstić information content (AvgIpc) is 2.12. The summed E-state index contributed by atoms with van der Waals surface area (Å²) >= 11 is 0. The number of carbonyl (C=O) groups is 1. The summed E-state index contributed by atoms with van der Waals surface area (Å²) in [5.74, 6) is -1.86. The maximum atomic E-state index is 9.77. The van der Waals surface area contributed by atoms with E-state index in [0.717, 1.165) is 0 Å². The van der Waals surface area contributed by atoms with Crippen molar-refractivity contribution in [2.45, 2.75) is 0 Å². The van der Waals surface area contributed by atoms with E-state index in [1.54, 1.807) is 0 Å². The molecule has 0 amide bonds. The number of carboxylic acids is 1. The predicted molar refractivity (Wildman–Crippen MR) is 18.5 cm³/mol. The highest BCUT2D eigenvalue weighted by Crippen LogP contribution is 1.74. The van der Waals surface area contributed by atoms with Gasteiger partial charge in [0.1, 0.15) is 5.97 Å². The first-order valence-corrected chi connectivity index (χ1v) is 1.75. The third-order valence-corrected chi connectivity index (χ3v) is 0.528. The molecule has 0 radical (unpaired) electrons. The molecule has 1 heterocycles. The van der Waals surface area contributed by atoms with E-state index >= 15 is 0 Å². The van der Waals surface area contributed by atoms with Gasteiger partial charge < -0.3 is 9.90 Å². The molecule has 42 valence electrons. The summed E-state index contributed by atoms with van der Waals surface area (Å²) in [6, 6.07) is 0. The van der Waals surface area contributed by atoms with Crippen LogP contribution in [-0.4, -0.2) is 26.6 Å². The maximum absolute atomic E-state index is 9.77. The Labute approximate surface area is 43.5 Å². The molecule has 6 heteroatoms. The summed E-state index contributed by atoms with van der Waals surface area (Å²) < 4.78 is 0. The van der Waals surface area contributed by atoms with E-state index < -0.39 is 11.8 Å². The van der Waals surface area contributed by atoms with Gasteiger partial charge in [-0.2, -0.15) is 5.21 Å². The molecule has 1 aromatic heterocycles. The Bertz CT molecular complexity index is 180. The summed E-state index contributed by atoms with van der Waals surface area (Å²) in [5, 5.41) is 20.9. The number of nitrogens with zero attached hydrogens (tertiary/aromatic N) is 3. The highest BCUT2D eigenvalue weighted by atomic mass is 16.4. The molecule has 1 aromatic rings. The second-order valence-electron chi connectivity index (χ2n) is 1.02. The van der Waals surface area contributed by atoms with Gasteiger partial charge in [0.25, 0.3) is 0 Å². The van der Waals surface area contributed by atoms with Crippen LogP contribution in [0.4, 0.5) is 0 Å². The zero-order valence-corrected chi connectivity index (χ0v) is 3.66. The van der Waals surface area contributed by atoms with Crippen LogP contribution in [0.3, 0.4) is 0 Å². The van der Waals surface area contributed by atoms with Crippen LogP contribution in [-0.2, 0) is 0 Å². The van der Waals surface area contributed by atoms with E-state index in [-0.39, 0.29) is 0 Å². The molecule has 0 aliphatic rings. The normalized spacial score (nSPS) is 9.00. The highest BCUT2D eigenvalue weighted by molar-refractivity contribution is 5.80. The molecule has 1 rings (SSSR count). The Morgan fingerprint density at radius 1 is 1.75 bits per heavy atom. The van der Waals surface area contributed by atoms with Crippen LogP contribution in [0, 0.1) is 0 Å². The number of carboxylic acid groups (broad SMARTS) is 1. The first kappa shape index (κ1) is 4.69. The minimum Gasteiger partial charge on any atom is -0.541 e. The summed E-state index contributed by atoms with van der Waals surface area (Å²) in [6.07, 6.45) is 0. The smallest absolute Gasteiger partial charge is 0.220 e. The number of aromatic carboxylic acids is 1. The molecule has 0 bridgehead atoms. The Balaban J connectivity index is 2.93. The minimum absolute atomic E-state index is 0.426. The number of carbonyl (C=O) groups excluding carboxylic acids is 1. The third-order valence-electron chi connectivity index (χ3n) is 0.528. The molecule has 1 N–H and O–H groups in total. The number of rotatable bonds is 1. The zero-order valence-electron chi connectivity index (χ0n) is 3.66. The van der Waals surface area contributed by atoms with Crippen molar-refractivity contribution in [2.24, 2.45) is 0 Å². The lowest BCUT2D eigenvalue weighted by Crippen LogP contribution is -2.23. The molecule has 0 fully saturated rings. The van der Waals surface area contributed by atoms with Gasteiger partial charge in [-0.1, -0.05) is 0 Å². The Morgan fingerprint density at radius 2 is 2.50 bits per heavy atom. The fourth-order valence-electron chi connectivity index (χ4n) is 0.248. The Kier molecular flexibility index (Phi) is 0.918. The van der Waals surface area contributed by atoms with E-state index in [2.05, 4.69) is 15.4 Å². The molecule has 0 atom stereocenters. The predicted octanol–water partition coefficient (Wildman–Crippen LogP) is -2.44. The van der Waals surface area contributed by atoms with E-state index in [1.807, 2.05) is 5.21 Å². The number of hydrogen-bond donors (Lipinski definition) is 1. The van der Waals surface area contributed by atoms with Crippen molar-refractivity contribution in [2.75, 3.05) is 0 Å². The molecule has 6 nitrogen and oxygen atoms in total. The number of tetrazole rings is 1. The van der Waals surface area contributed by atoms with Gasteiger partial charge in [0.2, 0.25) is 5.82 Å². The Hall–Kier alpha value is -1.46. The van der Waals surface area contributed by atoms with Crippen molar-refractivity contribution in [1.29, 1.82) is 0 Å². The van der Waals surface area contributed by atoms with Crippen molar-refractivity contribution < 1.29 is 9.90 Å². The topological polar surface area (TPSA) is 94.6 Å². The molecule has 0 saturated carbocycles. The van der Waals surface area contributed by atoms with Crippen LogP contribution in [0.15, 0.2) is 0 Å². The van der Waals surface area contributed by atoms with Crippen LogP contribution >= 0.6 is 0 Å².